The molecule has 4 N–H and O–H groups in total. The number of aromatic nitrogens is 5. The SMILES string of the molecule is C[C@H]1CCCN1[C@@H](CNS(=O)(=O)c1cc(-c2cc(S(=O)(=O)NC[C@H](c3cn(C)c4ncccc34)N3CCCC3)cc3[nH]ccc23)c2cc[nH]c2c1)c1cn(C)c2ccccc12. The molecule has 0 bridgehead atoms. The third-order valence-corrected chi connectivity index (χ3v) is 15.9. The molecule has 0 amide bonds. The Morgan fingerprint density at radius 3 is 1.92 bits per heavy atom. The first kappa shape index (κ1) is 39.8. The molecule has 0 radical (unpaired) electrons. The van der Waals surface area contributed by atoms with Crippen LogP contribution in [0.25, 0.3) is 54.9 Å². The molecule has 0 spiro atoms. The number of hydrogen-bond acceptors (Lipinski definition) is 7. The smallest absolute Gasteiger partial charge is 0.240 e. The fourth-order valence-corrected chi connectivity index (χ4v) is 12.2. The van der Waals surface area contributed by atoms with Gasteiger partial charge in [0.05, 0.1) is 21.9 Å². The first-order valence-corrected chi connectivity index (χ1v) is 24.1. The van der Waals surface area contributed by atoms with Gasteiger partial charge in [-0.25, -0.2) is 31.3 Å². The molecule has 2 aliphatic heterocycles. The lowest BCUT2D eigenvalue weighted by Crippen LogP contribution is -2.39. The van der Waals surface area contributed by atoms with Crippen molar-refractivity contribution in [1.82, 2.24) is 43.3 Å². The van der Waals surface area contributed by atoms with Crippen LogP contribution in [0.4, 0.5) is 0 Å². The Morgan fingerprint density at radius 2 is 1.28 bits per heavy atom. The molecule has 15 heteroatoms. The second-order valence-electron chi connectivity index (χ2n) is 16.8. The number of nitrogens with one attached hydrogen (secondary N) is 4. The maximum absolute atomic E-state index is 14.5. The van der Waals surface area contributed by atoms with Crippen LogP contribution in [-0.2, 0) is 34.1 Å². The molecule has 2 aliphatic rings. The Morgan fingerprint density at radius 1 is 0.689 bits per heavy atom. The van der Waals surface area contributed by atoms with Gasteiger partial charge in [-0.15, -0.1) is 0 Å². The fraction of sp³-hybridized carbons (Fsp3) is 0.326. The first-order valence-electron chi connectivity index (χ1n) is 21.1. The Bertz CT molecular complexity index is 3160. The Labute approximate surface area is 355 Å². The molecule has 13 nitrogen and oxygen atoms in total. The van der Waals surface area contributed by atoms with E-state index in [0.717, 1.165) is 89.2 Å². The summed E-state index contributed by atoms with van der Waals surface area (Å²) in [7, 11) is -4.11. The van der Waals surface area contributed by atoms with Gasteiger partial charge in [-0.3, -0.25) is 9.80 Å². The molecule has 316 valence electrons. The van der Waals surface area contributed by atoms with Crippen molar-refractivity contribution in [3.8, 4) is 11.1 Å². The van der Waals surface area contributed by atoms with Gasteiger partial charge in [-0.1, -0.05) is 18.2 Å². The molecule has 3 atom stereocenters. The average molecular weight is 858 g/mol. The summed E-state index contributed by atoms with van der Waals surface area (Å²) < 4.78 is 68.0. The van der Waals surface area contributed by atoms with Crippen molar-refractivity contribution in [3.05, 3.63) is 115 Å². The van der Waals surface area contributed by atoms with Crippen LogP contribution in [-0.4, -0.2) is 89.5 Å². The van der Waals surface area contributed by atoms with Crippen LogP contribution in [0.1, 0.15) is 55.8 Å². The number of pyridine rings is 1. The van der Waals surface area contributed by atoms with Gasteiger partial charge in [0.1, 0.15) is 5.65 Å². The second-order valence-corrected chi connectivity index (χ2v) is 20.3. The number of aromatic amines is 2. The van der Waals surface area contributed by atoms with E-state index >= 15 is 0 Å². The topological polar surface area (TPSA) is 153 Å². The number of H-pyrrole nitrogens is 2. The van der Waals surface area contributed by atoms with Gasteiger partial charge >= 0.3 is 0 Å². The number of fused-ring (bicyclic) bond motifs is 4. The van der Waals surface area contributed by atoms with Gasteiger partial charge in [-0.2, -0.15) is 0 Å². The van der Waals surface area contributed by atoms with Crippen LogP contribution in [0.5, 0.6) is 0 Å². The molecule has 2 saturated heterocycles. The summed E-state index contributed by atoms with van der Waals surface area (Å²) in [4.78, 5) is 16.0. The van der Waals surface area contributed by atoms with Crippen LogP contribution in [0.3, 0.4) is 0 Å². The van der Waals surface area contributed by atoms with E-state index in [9.17, 15) is 16.8 Å². The Kier molecular flexibility index (Phi) is 10.2. The summed E-state index contributed by atoms with van der Waals surface area (Å²) in [5, 5.41) is 3.68. The average Bonchev–Trinajstić information content (AvgIpc) is 4.13. The van der Waals surface area contributed by atoms with Gasteiger partial charge in [0, 0.05) is 102 Å². The summed E-state index contributed by atoms with van der Waals surface area (Å²) in [5.74, 6) is 0. The molecule has 61 heavy (non-hydrogen) atoms. The summed E-state index contributed by atoms with van der Waals surface area (Å²) in [5.41, 5.74) is 6.56. The molecule has 2 fully saturated rings. The number of rotatable bonds is 13. The Balaban J connectivity index is 0.991. The summed E-state index contributed by atoms with van der Waals surface area (Å²) in [6.07, 6.45) is 13.7. The minimum absolute atomic E-state index is 0.0879. The van der Waals surface area contributed by atoms with E-state index in [1.165, 1.54) is 0 Å². The largest absolute Gasteiger partial charge is 0.361 e. The predicted molar refractivity (Wildman–Crippen MR) is 241 cm³/mol. The molecule has 7 heterocycles. The maximum atomic E-state index is 14.5. The lowest BCUT2D eigenvalue weighted by atomic mass is 9.98. The molecule has 8 aromatic rings. The zero-order valence-corrected chi connectivity index (χ0v) is 36.2. The quantitative estimate of drug-likeness (QED) is 0.0949. The van der Waals surface area contributed by atoms with Crippen molar-refractivity contribution in [2.75, 3.05) is 32.7 Å². The van der Waals surface area contributed by atoms with Crippen molar-refractivity contribution in [3.63, 3.8) is 0 Å². The molecule has 0 aliphatic carbocycles. The van der Waals surface area contributed by atoms with E-state index in [-0.39, 0.29) is 35.0 Å². The van der Waals surface area contributed by atoms with Gasteiger partial charge in [-0.05, 0) is 129 Å². The van der Waals surface area contributed by atoms with Crippen LogP contribution in [0.15, 0.2) is 114 Å². The summed E-state index contributed by atoms with van der Waals surface area (Å²) in [6, 6.07) is 22.6. The third-order valence-electron chi connectivity index (χ3n) is 13.1. The number of para-hydroxylation sites is 1. The highest BCUT2D eigenvalue weighted by molar-refractivity contribution is 7.89. The van der Waals surface area contributed by atoms with Crippen LogP contribution in [0, 0.1) is 0 Å². The zero-order chi connectivity index (χ0) is 42.0. The minimum atomic E-state index is -4.05. The highest BCUT2D eigenvalue weighted by atomic mass is 32.2. The molecule has 0 unspecified atom stereocenters. The van der Waals surface area contributed by atoms with E-state index in [0.29, 0.717) is 28.2 Å². The van der Waals surface area contributed by atoms with E-state index in [4.69, 9.17) is 0 Å². The summed E-state index contributed by atoms with van der Waals surface area (Å²) >= 11 is 0. The Hall–Kier alpha value is -5.29. The van der Waals surface area contributed by atoms with Crippen LogP contribution < -0.4 is 9.44 Å². The lowest BCUT2D eigenvalue weighted by Gasteiger charge is -2.31. The summed E-state index contributed by atoms with van der Waals surface area (Å²) in [6.45, 7) is 5.22. The zero-order valence-electron chi connectivity index (χ0n) is 34.6. The van der Waals surface area contributed by atoms with Crippen molar-refractivity contribution in [2.45, 2.75) is 60.5 Å². The highest BCUT2D eigenvalue weighted by Gasteiger charge is 2.33. The molecular weight excluding hydrogens is 807 g/mol. The lowest BCUT2D eigenvalue weighted by molar-refractivity contribution is 0.193. The monoisotopic (exact) mass is 857 g/mol. The number of likely N-dealkylation sites (tertiary alicyclic amines) is 2. The minimum Gasteiger partial charge on any atom is -0.361 e. The number of sulfonamides is 2. The molecular formula is C46H51N9O4S2. The number of benzene rings is 3. The standard InChI is InChI=1S/C46H51N9O4S2/c1-30-10-9-21-55(30)45(39-28-52(2)43-13-5-4-11-35(39)43)27-51-61(58,59)32-23-38(34-15-18-48-42(34)25-32)37-22-31(24-41-33(37)14-17-47-41)60(56,57)50-26-44(54-19-6-7-20-54)40-29-53(3)46-36(40)12-8-16-49-46/h4-5,8,11-18,22-25,28-30,44-45,47-48,50-51H,6-7,9-10,19-21,26-27H2,1-3H3/t30-,44+,45-/m0/s1. The van der Waals surface area contributed by atoms with E-state index < -0.39 is 20.0 Å². The second kappa shape index (κ2) is 15.6. The molecule has 5 aromatic heterocycles. The van der Waals surface area contributed by atoms with E-state index in [1.54, 1.807) is 42.9 Å². The fourth-order valence-electron chi connectivity index (χ4n) is 10.0. The van der Waals surface area contributed by atoms with Crippen LogP contribution >= 0.6 is 0 Å². The van der Waals surface area contributed by atoms with Crippen molar-refractivity contribution in [1.29, 1.82) is 0 Å². The third kappa shape index (κ3) is 7.16. The van der Waals surface area contributed by atoms with Gasteiger partial charge in [0.2, 0.25) is 20.0 Å². The van der Waals surface area contributed by atoms with Crippen LogP contribution in [0.2, 0.25) is 0 Å². The number of nitrogens with zero attached hydrogens (tertiary/aromatic N) is 5. The van der Waals surface area contributed by atoms with Gasteiger partial charge in [0.25, 0.3) is 0 Å². The maximum Gasteiger partial charge on any atom is 0.240 e. The molecule has 10 rings (SSSR count). The van der Waals surface area contributed by atoms with Crippen molar-refractivity contribution < 1.29 is 16.8 Å². The molecule has 0 saturated carbocycles. The van der Waals surface area contributed by atoms with Crippen molar-refractivity contribution >= 4 is 63.8 Å². The van der Waals surface area contributed by atoms with Crippen molar-refractivity contribution in [2.24, 2.45) is 14.1 Å². The predicted octanol–water partition coefficient (Wildman–Crippen LogP) is 7.31. The number of hydrogen-bond donors (Lipinski definition) is 4. The number of aryl methyl sites for hydroxylation is 2. The van der Waals surface area contributed by atoms with E-state index in [1.807, 2.05) is 55.1 Å². The van der Waals surface area contributed by atoms with Gasteiger partial charge in [0.15, 0.2) is 0 Å². The van der Waals surface area contributed by atoms with Gasteiger partial charge < -0.3 is 19.1 Å². The van der Waals surface area contributed by atoms with E-state index in [2.05, 4.69) is 70.2 Å². The highest BCUT2D eigenvalue weighted by Crippen LogP contribution is 2.39. The normalized spacial score (nSPS) is 18.0. The first-order chi connectivity index (χ1) is 29.5. The molecule has 3 aromatic carbocycles.